The second-order valence-corrected chi connectivity index (χ2v) is 5.09. The summed E-state index contributed by atoms with van der Waals surface area (Å²) in [7, 11) is 2.12. The van der Waals surface area contributed by atoms with Crippen LogP contribution >= 0.6 is 0 Å². The molecule has 1 saturated heterocycles. The van der Waals surface area contributed by atoms with Crippen LogP contribution in [0.5, 0.6) is 0 Å². The van der Waals surface area contributed by atoms with E-state index in [1.54, 1.807) is 0 Å². The van der Waals surface area contributed by atoms with Gasteiger partial charge in [0.25, 0.3) is 0 Å². The topological polar surface area (TPSA) is 32.3 Å². The number of hydrogen-bond donors (Lipinski definition) is 1. The fourth-order valence-electron chi connectivity index (χ4n) is 2.74. The van der Waals surface area contributed by atoms with E-state index in [-0.39, 0.29) is 0 Å². The highest BCUT2D eigenvalue weighted by Crippen LogP contribution is 2.24. The predicted octanol–water partition coefficient (Wildman–Crippen LogP) is 1.39. The molecule has 1 aliphatic heterocycles. The van der Waals surface area contributed by atoms with Crippen LogP contribution < -0.4 is 5.32 Å². The molecule has 1 aliphatic carbocycles. The molecule has 2 aliphatic rings. The van der Waals surface area contributed by atoms with Crippen molar-refractivity contribution in [1.29, 1.82) is 0 Å². The first-order valence-corrected chi connectivity index (χ1v) is 6.24. The molecule has 0 aromatic heterocycles. The average molecular weight is 210 g/mol. The Hall–Kier alpha value is -0.570. The highest BCUT2D eigenvalue weighted by Gasteiger charge is 2.26. The molecule has 15 heavy (non-hydrogen) atoms. The Balaban J connectivity index is 1.76. The van der Waals surface area contributed by atoms with Crippen LogP contribution in [0.4, 0.5) is 0 Å². The van der Waals surface area contributed by atoms with Crippen LogP contribution in [0, 0.1) is 5.92 Å². The summed E-state index contributed by atoms with van der Waals surface area (Å²) in [6.45, 7) is 2.15. The van der Waals surface area contributed by atoms with Gasteiger partial charge in [-0.1, -0.05) is 19.3 Å². The van der Waals surface area contributed by atoms with E-state index in [4.69, 9.17) is 0 Å². The van der Waals surface area contributed by atoms with Gasteiger partial charge in [0.2, 0.25) is 5.91 Å². The fraction of sp³-hybridized carbons (Fsp3) is 0.917. The molecule has 86 valence electrons. The molecule has 3 heteroatoms. The second-order valence-electron chi connectivity index (χ2n) is 5.09. The maximum Gasteiger partial charge on any atom is 0.223 e. The number of hydrogen-bond acceptors (Lipinski definition) is 2. The Kier molecular flexibility index (Phi) is 3.62. The normalized spacial score (nSPS) is 29.3. The van der Waals surface area contributed by atoms with Crippen LogP contribution in [0.25, 0.3) is 0 Å². The minimum absolute atomic E-state index is 0.310. The van der Waals surface area contributed by atoms with Crippen molar-refractivity contribution < 1.29 is 4.79 Å². The molecule has 2 fully saturated rings. The van der Waals surface area contributed by atoms with Gasteiger partial charge in [-0.3, -0.25) is 4.79 Å². The van der Waals surface area contributed by atoms with E-state index >= 15 is 0 Å². The largest absolute Gasteiger partial charge is 0.352 e. The zero-order valence-electron chi connectivity index (χ0n) is 9.67. The van der Waals surface area contributed by atoms with Crippen LogP contribution in [0.15, 0.2) is 0 Å². The summed E-state index contributed by atoms with van der Waals surface area (Å²) in [5, 5.41) is 3.20. The molecular weight excluding hydrogens is 188 g/mol. The summed E-state index contributed by atoms with van der Waals surface area (Å²) in [6.07, 6.45) is 7.12. The van der Waals surface area contributed by atoms with Crippen LogP contribution in [-0.2, 0) is 4.79 Å². The molecule has 0 spiro atoms. The summed E-state index contributed by atoms with van der Waals surface area (Å²) in [5.74, 6) is 0.625. The van der Waals surface area contributed by atoms with Gasteiger partial charge in [0.1, 0.15) is 0 Å². The molecule has 0 aromatic carbocycles. The average Bonchev–Trinajstić information content (AvgIpc) is 2.65. The summed E-state index contributed by atoms with van der Waals surface area (Å²) < 4.78 is 0. The lowest BCUT2D eigenvalue weighted by Gasteiger charge is -2.23. The Morgan fingerprint density at radius 1 is 1.20 bits per heavy atom. The summed E-state index contributed by atoms with van der Waals surface area (Å²) in [6, 6.07) is 0.407. The number of nitrogens with zero attached hydrogens (tertiary/aromatic N) is 1. The van der Waals surface area contributed by atoms with E-state index in [9.17, 15) is 4.79 Å². The second kappa shape index (κ2) is 4.97. The third kappa shape index (κ3) is 2.94. The van der Waals surface area contributed by atoms with E-state index < -0.39 is 0 Å². The highest BCUT2D eigenvalue weighted by atomic mass is 16.1. The van der Waals surface area contributed by atoms with Crippen molar-refractivity contribution in [2.24, 2.45) is 5.92 Å². The standard InChI is InChI=1S/C12H22N2O/c1-14-8-7-11(9-14)13-12(15)10-5-3-2-4-6-10/h10-11H,2-9H2,1H3,(H,13,15). The zero-order valence-corrected chi connectivity index (χ0v) is 9.67. The molecule has 1 saturated carbocycles. The predicted molar refractivity (Wildman–Crippen MR) is 60.6 cm³/mol. The first-order valence-electron chi connectivity index (χ1n) is 6.24. The lowest BCUT2D eigenvalue weighted by Crippen LogP contribution is -2.40. The van der Waals surface area contributed by atoms with Crippen molar-refractivity contribution >= 4 is 5.91 Å². The molecule has 1 heterocycles. The van der Waals surface area contributed by atoms with Crippen LogP contribution in [-0.4, -0.2) is 37.0 Å². The number of likely N-dealkylation sites (N-methyl/N-ethyl adjacent to an activating group) is 1. The van der Waals surface area contributed by atoms with Gasteiger partial charge in [0, 0.05) is 18.5 Å². The number of carbonyl (C=O) groups excluding carboxylic acids is 1. The van der Waals surface area contributed by atoms with Crippen molar-refractivity contribution in [2.75, 3.05) is 20.1 Å². The van der Waals surface area contributed by atoms with Gasteiger partial charge in [-0.25, -0.2) is 0 Å². The number of nitrogens with one attached hydrogen (secondary N) is 1. The van der Waals surface area contributed by atoms with E-state index in [0.29, 0.717) is 17.9 Å². The van der Waals surface area contributed by atoms with Gasteiger partial charge in [-0.05, 0) is 32.9 Å². The van der Waals surface area contributed by atoms with E-state index in [0.717, 1.165) is 32.4 Å². The molecule has 2 rings (SSSR count). The maximum atomic E-state index is 11.9. The number of rotatable bonds is 2. The lowest BCUT2D eigenvalue weighted by atomic mass is 9.88. The monoisotopic (exact) mass is 210 g/mol. The number of amides is 1. The van der Waals surface area contributed by atoms with E-state index in [1.165, 1.54) is 19.3 Å². The van der Waals surface area contributed by atoms with Gasteiger partial charge in [0.05, 0.1) is 0 Å². The summed E-state index contributed by atoms with van der Waals surface area (Å²) in [4.78, 5) is 14.2. The molecular formula is C12H22N2O. The number of carbonyl (C=O) groups is 1. The van der Waals surface area contributed by atoms with E-state index in [1.807, 2.05) is 0 Å². The Labute approximate surface area is 92.2 Å². The molecule has 0 bridgehead atoms. The Morgan fingerprint density at radius 3 is 2.53 bits per heavy atom. The van der Waals surface area contributed by atoms with Gasteiger partial charge >= 0.3 is 0 Å². The fourth-order valence-corrected chi connectivity index (χ4v) is 2.74. The quantitative estimate of drug-likeness (QED) is 0.747. The molecule has 0 radical (unpaired) electrons. The van der Waals surface area contributed by atoms with Gasteiger partial charge in [-0.2, -0.15) is 0 Å². The zero-order chi connectivity index (χ0) is 10.7. The van der Waals surface area contributed by atoms with Crippen molar-refractivity contribution in [1.82, 2.24) is 10.2 Å². The number of likely N-dealkylation sites (tertiary alicyclic amines) is 1. The van der Waals surface area contributed by atoms with Crippen molar-refractivity contribution in [2.45, 2.75) is 44.6 Å². The van der Waals surface area contributed by atoms with Gasteiger partial charge in [-0.15, -0.1) is 0 Å². The Morgan fingerprint density at radius 2 is 1.93 bits per heavy atom. The summed E-state index contributed by atoms with van der Waals surface area (Å²) in [5.41, 5.74) is 0. The van der Waals surface area contributed by atoms with Crippen molar-refractivity contribution in [3.8, 4) is 0 Å². The van der Waals surface area contributed by atoms with Gasteiger partial charge < -0.3 is 10.2 Å². The third-order valence-corrected chi connectivity index (χ3v) is 3.71. The molecule has 1 N–H and O–H groups in total. The van der Waals surface area contributed by atoms with Crippen molar-refractivity contribution in [3.63, 3.8) is 0 Å². The maximum absolute atomic E-state index is 11.9. The lowest BCUT2D eigenvalue weighted by molar-refractivity contribution is -0.126. The molecule has 1 unspecified atom stereocenters. The molecule has 3 nitrogen and oxygen atoms in total. The molecule has 1 atom stereocenters. The van der Waals surface area contributed by atoms with Crippen LogP contribution in [0.2, 0.25) is 0 Å². The van der Waals surface area contributed by atoms with Gasteiger partial charge in [0.15, 0.2) is 0 Å². The van der Waals surface area contributed by atoms with Crippen LogP contribution in [0.3, 0.4) is 0 Å². The summed E-state index contributed by atoms with van der Waals surface area (Å²) >= 11 is 0. The third-order valence-electron chi connectivity index (χ3n) is 3.71. The minimum Gasteiger partial charge on any atom is -0.352 e. The SMILES string of the molecule is CN1CCC(NC(=O)C2CCCCC2)C1. The first-order chi connectivity index (χ1) is 7.25. The van der Waals surface area contributed by atoms with Crippen LogP contribution in [0.1, 0.15) is 38.5 Å². The van der Waals surface area contributed by atoms with E-state index in [2.05, 4.69) is 17.3 Å². The molecule has 1 amide bonds. The minimum atomic E-state index is 0.310. The highest BCUT2D eigenvalue weighted by molar-refractivity contribution is 5.79. The smallest absolute Gasteiger partial charge is 0.223 e. The Bertz CT molecular complexity index is 224. The van der Waals surface area contributed by atoms with Crippen molar-refractivity contribution in [3.05, 3.63) is 0 Å². The molecule has 0 aromatic rings. The first kappa shape index (κ1) is 10.9.